The molecule has 4 aromatic rings. The minimum Gasteiger partial charge on any atom is -0.465 e. The molecule has 4 atom stereocenters. The number of aromatic nitrogens is 3. The number of likely N-dealkylation sites (tertiary alicyclic amines) is 1. The second-order valence-electron chi connectivity index (χ2n) is 11.8. The number of nitrogens with zero attached hydrogens (tertiary/aromatic N) is 4. The van der Waals surface area contributed by atoms with Gasteiger partial charge in [-0.25, -0.2) is 19.2 Å². The maximum Gasteiger partial charge on any atom is 0.338 e. The lowest BCUT2D eigenvalue weighted by Gasteiger charge is -2.40. The number of ether oxygens (including phenoxy) is 1. The first-order valence-electron chi connectivity index (χ1n) is 14.0. The summed E-state index contributed by atoms with van der Waals surface area (Å²) in [5.41, 5.74) is 4.14. The minimum atomic E-state index is -1.20. The van der Waals surface area contributed by atoms with Gasteiger partial charge in [0, 0.05) is 65.2 Å². The Bertz CT molecular complexity index is 1860. The van der Waals surface area contributed by atoms with Crippen LogP contribution >= 0.6 is 23.2 Å². The molecule has 0 bridgehead atoms. The zero-order valence-electron chi connectivity index (χ0n) is 22.8. The van der Waals surface area contributed by atoms with Crippen LogP contribution in [-0.2, 0) is 21.5 Å². The lowest BCUT2D eigenvalue weighted by atomic mass is 9.71. The van der Waals surface area contributed by atoms with Crippen LogP contribution in [0.4, 0.5) is 10.1 Å². The average Bonchev–Trinajstić information content (AvgIpc) is 3.43. The molecule has 2 fully saturated rings. The van der Waals surface area contributed by atoms with Crippen molar-refractivity contribution in [3.63, 3.8) is 0 Å². The van der Waals surface area contributed by atoms with E-state index < -0.39 is 23.2 Å². The quantitative estimate of drug-likeness (QED) is 0.239. The van der Waals surface area contributed by atoms with E-state index in [4.69, 9.17) is 32.9 Å². The first kappa shape index (κ1) is 26.1. The largest absolute Gasteiger partial charge is 0.465 e. The molecule has 214 valence electrons. The van der Waals surface area contributed by atoms with Crippen LogP contribution in [0.15, 0.2) is 42.7 Å². The molecule has 4 aliphatic rings. The van der Waals surface area contributed by atoms with Gasteiger partial charge in [0.2, 0.25) is 5.91 Å². The number of pyridine rings is 2. The van der Waals surface area contributed by atoms with E-state index in [1.54, 1.807) is 24.3 Å². The Morgan fingerprint density at radius 1 is 1.24 bits per heavy atom. The van der Waals surface area contributed by atoms with Crippen molar-refractivity contribution in [1.82, 2.24) is 19.3 Å². The van der Waals surface area contributed by atoms with Gasteiger partial charge >= 0.3 is 5.97 Å². The Labute approximate surface area is 250 Å². The average molecular weight is 606 g/mol. The molecule has 0 unspecified atom stereocenters. The fourth-order valence-corrected chi connectivity index (χ4v) is 8.12. The number of amides is 1. The van der Waals surface area contributed by atoms with Gasteiger partial charge in [-0.1, -0.05) is 29.3 Å². The number of imidazole rings is 1. The van der Waals surface area contributed by atoms with Crippen LogP contribution in [0.5, 0.6) is 0 Å². The Balaban J connectivity index is 1.41. The van der Waals surface area contributed by atoms with E-state index in [2.05, 4.69) is 15.2 Å². The number of esters is 1. The molecule has 1 amide bonds. The van der Waals surface area contributed by atoms with Crippen LogP contribution in [-0.4, -0.2) is 50.8 Å². The number of nitrogens with one attached hydrogen (secondary N) is 1. The van der Waals surface area contributed by atoms with E-state index in [9.17, 15) is 9.59 Å². The summed E-state index contributed by atoms with van der Waals surface area (Å²) in [6.07, 6.45) is 6.19. The predicted octanol–water partition coefficient (Wildman–Crippen LogP) is 5.64. The minimum absolute atomic E-state index is 0.121. The SMILES string of the molecule is COC(=O)c1cc2nc3c(n2cc1C)C[C@H]1[C@@H]3[C@H](c2ccnc(Cl)c2F)[C@]2(C(=O)Nc3cc(Cl)ccc32)N1CC1CC1. The van der Waals surface area contributed by atoms with Crippen LogP contribution in [0.25, 0.3) is 5.65 Å². The molecule has 0 radical (unpaired) electrons. The van der Waals surface area contributed by atoms with Crippen molar-refractivity contribution in [2.75, 3.05) is 19.0 Å². The van der Waals surface area contributed by atoms with Crippen molar-refractivity contribution in [1.29, 1.82) is 0 Å². The highest BCUT2D eigenvalue weighted by molar-refractivity contribution is 6.31. The molecule has 2 aliphatic heterocycles. The number of hydrogen-bond acceptors (Lipinski definition) is 6. The van der Waals surface area contributed by atoms with Crippen LogP contribution in [0.2, 0.25) is 10.2 Å². The zero-order chi connectivity index (χ0) is 29.1. The highest BCUT2D eigenvalue weighted by atomic mass is 35.5. The lowest BCUT2D eigenvalue weighted by Crippen LogP contribution is -2.53. The molecule has 5 heterocycles. The normalized spacial score (nSPS) is 26.0. The Morgan fingerprint density at radius 3 is 2.81 bits per heavy atom. The van der Waals surface area contributed by atoms with Crippen LogP contribution < -0.4 is 5.32 Å². The summed E-state index contributed by atoms with van der Waals surface area (Å²) in [4.78, 5) is 38.2. The number of carbonyl (C=O) groups excluding carboxylic acids is 2. The van der Waals surface area contributed by atoms with Crippen molar-refractivity contribution in [3.05, 3.63) is 92.4 Å². The van der Waals surface area contributed by atoms with Gasteiger partial charge in [-0.15, -0.1) is 0 Å². The molecule has 3 aromatic heterocycles. The Hall–Kier alpha value is -3.53. The van der Waals surface area contributed by atoms with Crippen molar-refractivity contribution in [2.24, 2.45) is 5.92 Å². The third kappa shape index (κ3) is 3.38. The first-order chi connectivity index (χ1) is 20.2. The summed E-state index contributed by atoms with van der Waals surface area (Å²) in [6, 6.07) is 8.68. The number of hydrogen-bond donors (Lipinski definition) is 1. The molecule has 8 nitrogen and oxygen atoms in total. The second kappa shape index (κ2) is 8.99. The summed E-state index contributed by atoms with van der Waals surface area (Å²) in [5.74, 6) is -1.81. The van der Waals surface area contributed by atoms with Gasteiger partial charge < -0.3 is 14.5 Å². The van der Waals surface area contributed by atoms with Gasteiger partial charge in [0.25, 0.3) is 0 Å². The molecule has 2 aliphatic carbocycles. The monoisotopic (exact) mass is 605 g/mol. The smallest absolute Gasteiger partial charge is 0.338 e. The van der Waals surface area contributed by atoms with Crippen LogP contribution in [0.1, 0.15) is 63.1 Å². The van der Waals surface area contributed by atoms with Gasteiger partial charge in [0.1, 0.15) is 11.2 Å². The number of fused-ring (bicyclic) bond motifs is 7. The molecular formula is C31H26Cl2FN5O3. The van der Waals surface area contributed by atoms with Gasteiger partial charge in [0.15, 0.2) is 11.0 Å². The number of carbonyl (C=O) groups is 2. The van der Waals surface area contributed by atoms with Crippen LogP contribution in [0, 0.1) is 18.7 Å². The van der Waals surface area contributed by atoms with E-state index in [0.29, 0.717) is 46.4 Å². The van der Waals surface area contributed by atoms with Crippen molar-refractivity contribution in [3.8, 4) is 0 Å². The topological polar surface area (TPSA) is 88.8 Å². The summed E-state index contributed by atoms with van der Waals surface area (Å²) < 4.78 is 23.1. The summed E-state index contributed by atoms with van der Waals surface area (Å²) in [6.45, 7) is 2.57. The molecule has 1 spiro atoms. The second-order valence-corrected chi connectivity index (χ2v) is 12.6. The van der Waals surface area contributed by atoms with E-state index in [0.717, 1.165) is 35.4 Å². The number of benzene rings is 1. The molecular weight excluding hydrogens is 580 g/mol. The highest BCUT2D eigenvalue weighted by Gasteiger charge is 2.69. The fraction of sp³-hybridized carbons (Fsp3) is 0.355. The van der Waals surface area contributed by atoms with Crippen molar-refractivity contribution < 1.29 is 18.7 Å². The molecule has 1 saturated heterocycles. The fourth-order valence-electron chi connectivity index (χ4n) is 7.78. The molecule has 1 aromatic carbocycles. The first-order valence-corrected chi connectivity index (χ1v) is 14.8. The third-order valence-electron chi connectivity index (χ3n) is 9.64. The van der Waals surface area contributed by atoms with Crippen molar-refractivity contribution >= 4 is 46.4 Å². The standard InChI is InChI=1S/C31H26Cl2FN5O3/c1-14-12-38-22-11-21-24(27(22)37-23(38)10-18(14)29(40)42-2)25(17-7-8-35-28(33)26(17)34)31(39(21)13-15-3-4-15)19-6-5-16(32)9-20(19)36-30(31)41/h5-10,12,15,21,24-25H,3-4,11,13H2,1-2H3,(H,36,41)/t21-,24+,25-,31+/m0/s1. The Kier molecular flexibility index (Phi) is 5.59. The van der Waals surface area contributed by atoms with Crippen LogP contribution in [0.3, 0.4) is 0 Å². The van der Waals surface area contributed by atoms with Crippen molar-refractivity contribution in [2.45, 2.75) is 49.6 Å². The molecule has 1 saturated carbocycles. The number of halogens is 3. The number of methoxy groups -OCH3 is 1. The van der Waals surface area contributed by atoms with Gasteiger partial charge in [0.05, 0.1) is 18.4 Å². The highest BCUT2D eigenvalue weighted by Crippen LogP contribution is 2.65. The molecule has 11 heteroatoms. The van der Waals surface area contributed by atoms with E-state index in [1.165, 1.54) is 13.3 Å². The maximum atomic E-state index is 16.1. The third-order valence-corrected chi connectivity index (χ3v) is 10.1. The number of rotatable bonds is 4. The molecule has 1 N–H and O–H groups in total. The van der Waals surface area contributed by atoms with Gasteiger partial charge in [-0.2, -0.15) is 0 Å². The van der Waals surface area contributed by atoms with E-state index in [-0.39, 0.29) is 23.0 Å². The summed E-state index contributed by atoms with van der Waals surface area (Å²) in [5, 5.41) is 3.36. The van der Waals surface area contributed by atoms with E-state index in [1.807, 2.05) is 23.6 Å². The van der Waals surface area contributed by atoms with Gasteiger partial charge in [-0.3, -0.25) is 9.69 Å². The summed E-state index contributed by atoms with van der Waals surface area (Å²) >= 11 is 12.6. The lowest BCUT2D eigenvalue weighted by molar-refractivity contribution is -0.128. The number of aryl methyl sites for hydroxylation is 1. The van der Waals surface area contributed by atoms with E-state index >= 15 is 4.39 Å². The number of anilines is 1. The predicted molar refractivity (Wildman–Crippen MR) is 155 cm³/mol. The molecule has 42 heavy (non-hydrogen) atoms. The Morgan fingerprint density at radius 2 is 2.05 bits per heavy atom. The maximum absolute atomic E-state index is 16.1. The van der Waals surface area contributed by atoms with Gasteiger partial charge in [-0.05, 0) is 61.1 Å². The summed E-state index contributed by atoms with van der Waals surface area (Å²) in [7, 11) is 1.35. The zero-order valence-corrected chi connectivity index (χ0v) is 24.3. The molecule has 8 rings (SSSR count).